The van der Waals surface area contributed by atoms with Crippen LogP contribution < -0.4 is 10.4 Å². The Kier molecular flexibility index (Phi) is 6.30. The molecule has 7 nitrogen and oxygen atoms in total. The molecule has 0 aliphatic carbocycles. The van der Waals surface area contributed by atoms with Gasteiger partial charge in [-0.3, -0.25) is 9.13 Å². The predicted molar refractivity (Wildman–Crippen MR) is 122 cm³/mol. The Morgan fingerprint density at radius 2 is 1.77 bits per heavy atom. The van der Waals surface area contributed by atoms with Crippen LogP contribution in [0.3, 0.4) is 0 Å². The van der Waals surface area contributed by atoms with Gasteiger partial charge in [-0.15, -0.1) is 0 Å². The number of fused-ring (bicyclic) bond motifs is 1. The van der Waals surface area contributed by atoms with Gasteiger partial charge in [-0.05, 0) is 48.4 Å². The van der Waals surface area contributed by atoms with Crippen LogP contribution in [0.4, 0.5) is 13.2 Å². The van der Waals surface area contributed by atoms with E-state index in [1.165, 1.54) is 21.4 Å². The Morgan fingerprint density at radius 1 is 1.00 bits per heavy atom. The first-order chi connectivity index (χ1) is 16.7. The largest absolute Gasteiger partial charge is 0.457 e. The second-order valence-electron chi connectivity index (χ2n) is 7.83. The van der Waals surface area contributed by atoms with Crippen LogP contribution in [0.2, 0.25) is 0 Å². The summed E-state index contributed by atoms with van der Waals surface area (Å²) in [5, 5.41) is 18.6. The molecule has 0 saturated carbocycles. The SMILES string of the molecule is Cn1c(=O)n(CCCC(F)(F)F)c2ccc(-c3cc(Oc4ccnc(C#N)c4)ccc3C#N)cc21. The molecule has 0 bridgehead atoms. The van der Waals surface area contributed by atoms with E-state index in [2.05, 4.69) is 11.1 Å². The summed E-state index contributed by atoms with van der Waals surface area (Å²) in [7, 11) is 1.55. The van der Waals surface area contributed by atoms with Crippen molar-refractivity contribution < 1.29 is 17.9 Å². The summed E-state index contributed by atoms with van der Waals surface area (Å²) in [6, 6.07) is 17.1. The van der Waals surface area contributed by atoms with Crippen LogP contribution in [0.25, 0.3) is 22.2 Å². The van der Waals surface area contributed by atoms with Gasteiger partial charge in [0.15, 0.2) is 0 Å². The van der Waals surface area contributed by atoms with Crippen LogP contribution in [0.15, 0.2) is 59.5 Å². The number of imidazole rings is 1. The van der Waals surface area contributed by atoms with Gasteiger partial charge in [-0.2, -0.15) is 23.7 Å². The van der Waals surface area contributed by atoms with Crippen molar-refractivity contribution in [2.45, 2.75) is 25.6 Å². The molecular weight excluding hydrogens is 459 g/mol. The highest BCUT2D eigenvalue weighted by molar-refractivity contribution is 5.84. The molecule has 0 aliphatic heterocycles. The number of pyridine rings is 1. The lowest BCUT2D eigenvalue weighted by Gasteiger charge is -2.10. The lowest BCUT2D eigenvalue weighted by atomic mass is 9.99. The zero-order valence-electron chi connectivity index (χ0n) is 18.5. The molecule has 0 radical (unpaired) electrons. The Hall–Kier alpha value is -4.57. The number of halogens is 3. The van der Waals surface area contributed by atoms with Crippen molar-refractivity contribution in [2.75, 3.05) is 0 Å². The second kappa shape index (κ2) is 9.35. The molecule has 0 N–H and O–H groups in total. The molecule has 2 heterocycles. The second-order valence-corrected chi connectivity index (χ2v) is 7.83. The minimum absolute atomic E-state index is 0.0571. The number of benzene rings is 2. The molecule has 0 unspecified atom stereocenters. The monoisotopic (exact) mass is 477 g/mol. The Bertz CT molecular complexity index is 1550. The van der Waals surface area contributed by atoms with Gasteiger partial charge in [0.1, 0.15) is 23.3 Å². The molecule has 0 amide bonds. The standard InChI is InChI=1S/C25H18F3N5O2/c1-32-23-11-16(4-6-22(23)33(24(32)34)10-2-8-25(26,27)28)21-13-19(5-3-17(21)14-29)35-20-7-9-31-18(12-20)15-30/h3-7,9,11-13H,2,8,10H2,1H3. The molecule has 0 saturated heterocycles. The van der Waals surface area contributed by atoms with Gasteiger partial charge in [0.05, 0.1) is 22.7 Å². The molecule has 0 aliphatic rings. The van der Waals surface area contributed by atoms with Gasteiger partial charge in [-0.25, -0.2) is 9.78 Å². The van der Waals surface area contributed by atoms with E-state index in [0.29, 0.717) is 39.2 Å². The van der Waals surface area contributed by atoms with Crippen LogP contribution in [0.1, 0.15) is 24.1 Å². The fraction of sp³-hybridized carbons (Fsp3) is 0.200. The van der Waals surface area contributed by atoms with Crippen LogP contribution in [0.5, 0.6) is 11.5 Å². The van der Waals surface area contributed by atoms with E-state index in [-0.39, 0.29) is 18.7 Å². The predicted octanol–water partition coefficient (Wildman–Crippen LogP) is 5.28. The molecular formula is C25H18F3N5O2. The van der Waals surface area contributed by atoms with Crippen molar-refractivity contribution in [1.29, 1.82) is 10.5 Å². The van der Waals surface area contributed by atoms with Gasteiger partial charge in [0, 0.05) is 37.8 Å². The number of nitriles is 2. The van der Waals surface area contributed by atoms with Gasteiger partial charge >= 0.3 is 11.9 Å². The summed E-state index contributed by atoms with van der Waals surface area (Å²) in [4.78, 5) is 16.6. The van der Waals surface area contributed by atoms with Crippen LogP contribution in [-0.2, 0) is 13.6 Å². The molecule has 0 fully saturated rings. The molecule has 2 aromatic carbocycles. The Labute approximate surface area is 197 Å². The van der Waals surface area contributed by atoms with Crippen molar-refractivity contribution in [2.24, 2.45) is 7.05 Å². The molecule has 0 spiro atoms. The van der Waals surface area contributed by atoms with Crippen molar-refractivity contribution >= 4 is 11.0 Å². The average molecular weight is 477 g/mol. The topological polar surface area (TPSA) is 96.6 Å². The summed E-state index contributed by atoms with van der Waals surface area (Å²) in [5.41, 5.74) is 2.38. The average Bonchev–Trinajstić information content (AvgIpc) is 3.07. The summed E-state index contributed by atoms with van der Waals surface area (Å²) in [6.45, 7) is -0.0571. The van der Waals surface area contributed by atoms with E-state index in [0.717, 1.165) is 0 Å². The third kappa shape index (κ3) is 5.02. The first kappa shape index (κ1) is 23.6. The zero-order valence-corrected chi connectivity index (χ0v) is 18.5. The molecule has 176 valence electrons. The van der Waals surface area contributed by atoms with Crippen molar-refractivity contribution in [3.8, 4) is 34.8 Å². The van der Waals surface area contributed by atoms with E-state index >= 15 is 0 Å². The van der Waals surface area contributed by atoms with Gasteiger partial charge in [0.25, 0.3) is 0 Å². The summed E-state index contributed by atoms with van der Waals surface area (Å²) < 4.78 is 46.2. The maximum Gasteiger partial charge on any atom is 0.389 e. The summed E-state index contributed by atoms with van der Waals surface area (Å²) in [5.74, 6) is 0.828. The van der Waals surface area contributed by atoms with Gasteiger partial charge in [-0.1, -0.05) is 6.07 Å². The maximum atomic E-state index is 12.7. The number of nitrogens with zero attached hydrogens (tertiary/aromatic N) is 5. The highest BCUT2D eigenvalue weighted by Gasteiger charge is 2.26. The van der Waals surface area contributed by atoms with Crippen molar-refractivity contribution in [3.63, 3.8) is 0 Å². The van der Waals surface area contributed by atoms with Crippen molar-refractivity contribution in [3.05, 3.63) is 76.5 Å². The number of aromatic nitrogens is 3. The number of rotatable bonds is 6. The van der Waals surface area contributed by atoms with Gasteiger partial charge < -0.3 is 4.74 Å². The van der Waals surface area contributed by atoms with Crippen LogP contribution in [-0.4, -0.2) is 20.3 Å². The lowest BCUT2D eigenvalue weighted by molar-refractivity contribution is -0.135. The third-order valence-electron chi connectivity index (χ3n) is 5.49. The Balaban J connectivity index is 1.71. The molecule has 0 atom stereocenters. The first-order valence-electron chi connectivity index (χ1n) is 10.5. The minimum atomic E-state index is -4.28. The quantitative estimate of drug-likeness (QED) is 0.376. The normalized spacial score (nSPS) is 11.3. The first-order valence-corrected chi connectivity index (χ1v) is 10.5. The highest BCUT2D eigenvalue weighted by Crippen LogP contribution is 2.32. The number of alkyl halides is 3. The smallest absolute Gasteiger partial charge is 0.389 e. The Morgan fingerprint density at radius 3 is 2.49 bits per heavy atom. The number of hydrogen-bond acceptors (Lipinski definition) is 5. The fourth-order valence-electron chi connectivity index (χ4n) is 3.82. The summed E-state index contributed by atoms with van der Waals surface area (Å²) >= 11 is 0. The van der Waals surface area contributed by atoms with E-state index in [9.17, 15) is 23.2 Å². The lowest BCUT2D eigenvalue weighted by Crippen LogP contribution is -2.23. The van der Waals surface area contributed by atoms with Crippen molar-refractivity contribution in [1.82, 2.24) is 14.1 Å². The maximum absolute atomic E-state index is 12.7. The number of aryl methyl sites for hydroxylation is 2. The molecule has 35 heavy (non-hydrogen) atoms. The van der Waals surface area contributed by atoms with E-state index in [1.54, 1.807) is 49.5 Å². The highest BCUT2D eigenvalue weighted by atomic mass is 19.4. The summed E-state index contributed by atoms with van der Waals surface area (Å²) in [6.07, 6.45) is -4.01. The van der Waals surface area contributed by atoms with E-state index in [4.69, 9.17) is 10.00 Å². The van der Waals surface area contributed by atoms with Gasteiger partial charge in [0.2, 0.25) is 0 Å². The van der Waals surface area contributed by atoms with E-state index < -0.39 is 18.3 Å². The molecule has 10 heteroatoms. The molecule has 4 aromatic rings. The van der Waals surface area contributed by atoms with Crippen LogP contribution >= 0.6 is 0 Å². The fourth-order valence-corrected chi connectivity index (χ4v) is 3.82. The number of ether oxygens (including phenoxy) is 1. The minimum Gasteiger partial charge on any atom is -0.457 e. The van der Waals surface area contributed by atoms with Crippen LogP contribution in [0, 0.1) is 22.7 Å². The number of hydrogen-bond donors (Lipinski definition) is 0. The molecule has 2 aromatic heterocycles. The third-order valence-corrected chi connectivity index (χ3v) is 5.49. The molecule has 4 rings (SSSR count). The zero-order chi connectivity index (χ0) is 25.2. The van der Waals surface area contributed by atoms with E-state index in [1.807, 2.05) is 6.07 Å².